The average molecular weight is 389 g/mol. The lowest BCUT2D eigenvalue weighted by Crippen LogP contribution is -2.30. The van der Waals surface area contributed by atoms with Gasteiger partial charge in [-0.2, -0.15) is 0 Å². The van der Waals surface area contributed by atoms with Crippen molar-refractivity contribution in [1.29, 1.82) is 0 Å². The molecule has 0 bridgehead atoms. The first kappa shape index (κ1) is 19.9. The van der Waals surface area contributed by atoms with Crippen LogP contribution in [0.3, 0.4) is 0 Å². The first-order chi connectivity index (χ1) is 13.5. The summed E-state index contributed by atoms with van der Waals surface area (Å²) < 4.78 is 11.4. The van der Waals surface area contributed by atoms with Crippen molar-refractivity contribution >= 4 is 27.6 Å². The van der Waals surface area contributed by atoms with Crippen LogP contribution in [0.5, 0.6) is 11.5 Å². The van der Waals surface area contributed by atoms with E-state index in [1.165, 1.54) is 13.0 Å². The van der Waals surface area contributed by atoms with E-state index in [1.54, 1.807) is 29.2 Å². The third-order valence-electron chi connectivity index (χ3n) is 4.33. The summed E-state index contributed by atoms with van der Waals surface area (Å²) in [7, 11) is 0. The van der Waals surface area contributed by atoms with Gasteiger partial charge in [0.15, 0.2) is 11.5 Å². The van der Waals surface area contributed by atoms with E-state index in [0.717, 1.165) is 0 Å². The summed E-state index contributed by atoms with van der Waals surface area (Å²) in [4.78, 5) is 14.5. The van der Waals surface area contributed by atoms with Crippen LogP contribution in [-0.4, -0.2) is 59.4 Å². The lowest BCUT2D eigenvalue weighted by molar-refractivity contribution is 0.121. The number of aromatic hydroxyl groups is 1. The van der Waals surface area contributed by atoms with Gasteiger partial charge in [-0.15, -0.1) is 0 Å². The van der Waals surface area contributed by atoms with Crippen LogP contribution >= 0.6 is 0 Å². The quantitative estimate of drug-likeness (QED) is 0.424. The number of phenolic OH excluding ortho intramolecular Hbond substituents is 1. The Morgan fingerprint density at radius 3 is 2.46 bits per heavy atom. The summed E-state index contributed by atoms with van der Waals surface area (Å²) in [5, 5.41) is 39.4. The lowest BCUT2D eigenvalue weighted by atomic mass is 10.1. The fraction of sp³-hybridized carbons (Fsp3) is 0.350. The fourth-order valence-corrected chi connectivity index (χ4v) is 3.08. The van der Waals surface area contributed by atoms with Gasteiger partial charge in [0.2, 0.25) is 5.43 Å². The van der Waals surface area contributed by atoms with Crippen LogP contribution in [0.4, 0.5) is 5.69 Å². The van der Waals surface area contributed by atoms with Gasteiger partial charge in [0.25, 0.3) is 0 Å². The maximum absolute atomic E-state index is 12.9. The third kappa shape index (κ3) is 3.75. The summed E-state index contributed by atoms with van der Waals surface area (Å²) >= 11 is 0. The number of phenols is 1. The minimum atomic E-state index is -0.805. The van der Waals surface area contributed by atoms with Crippen LogP contribution in [-0.2, 0) is 0 Å². The Morgan fingerprint density at radius 1 is 1.14 bits per heavy atom. The number of anilines is 1. The maximum Gasteiger partial charge on any atom is 0.204 e. The van der Waals surface area contributed by atoms with Crippen LogP contribution in [0.25, 0.3) is 21.9 Å². The molecule has 3 aromatic rings. The van der Waals surface area contributed by atoms with Crippen LogP contribution in [0, 0.1) is 0 Å². The SMILES string of the molecule is CC(O)COc1c(N(CCO)CCO)cc2oc3ccccc3c(=O)c2c1O. The van der Waals surface area contributed by atoms with Crippen molar-refractivity contribution in [3.8, 4) is 11.5 Å². The Bertz CT molecular complexity index is 1020. The van der Waals surface area contributed by atoms with Gasteiger partial charge in [-0.05, 0) is 19.1 Å². The number of fused-ring (bicyclic) bond motifs is 2. The molecule has 0 aliphatic rings. The Balaban J connectivity index is 2.31. The van der Waals surface area contributed by atoms with Crippen molar-refractivity contribution in [2.45, 2.75) is 13.0 Å². The number of ether oxygens (including phenoxy) is 1. The summed E-state index contributed by atoms with van der Waals surface area (Å²) in [5.74, 6) is -0.425. The highest BCUT2D eigenvalue weighted by atomic mass is 16.5. The molecule has 0 amide bonds. The molecular weight excluding hydrogens is 366 g/mol. The van der Waals surface area contributed by atoms with Crippen LogP contribution in [0.1, 0.15) is 6.92 Å². The molecule has 28 heavy (non-hydrogen) atoms. The number of hydrogen-bond acceptors (Lipinski definition) is 8. The maximum atomic E-state index is 12.9. The van der Waals surface area contributed by atoms with Gasteiger partial charge in [0, 0.05) is 19.2 Å². The van der Waals surface area contributed by atoms with Crippen LogP contribution in [0.2, 0.25) is 0 Å². The molecule has 0 aliphatic heterocycles. The molecule has 0 radical (unpaired) electrons. The van der Waals surface area contributed by atoms with Crippen LogP contribution in [0.15, 0.2) is 39.5 Å². The highest BCUT2D eigenvalue weighted by Gasteiger charge is 2.23. The van der Waals surface area contributed by atoms with Crippen LogP contribution < -0.4 is 15.1 Å². The second kappa shape index (κ2) is 8.47. The molecular formula is C20H23NO7. The number of benzene rings is 2. The number of rotatable bonds is 8. The second-order valence-corrected chi connectivity index (χ2v) is 6.47. The van der Waals surface area contributed by atoms with Gasteiger partial charge in [0.05, 0.1) is 30.4 Å². The van der Waals surface area contributed by atoms with Crippen molar-refractivity contribution in [2.75, 3.05) is 37.8 Å². The van der Waals surface area contributed by atoms with Crippen molar-refractivity contribution in [3.05, 3.63) is 40.6 Å². The van der Waals surface area contributed by atoms with E-state index in [4.69, 9.17) is 9.15 Å². The van der Waals surface area contributed by atoms with Gasteiger partial charge in [-0.1, -0.05) is 12.1 Å². The highest BCUT2D eigenvalue weighted by Crippen LogP contribution is 2.42. The van der Waals surface area contributed by atoms with Crippen molar-refractivity contribution < 1.29 is 29.6 Å². The van der Waals surface area contributed by atoms with E-state index < -0.39 is 17.3 Å². The first-order valence-electron chi connectivity index (χ1n) is 8.97. The Kier molecular flexibility index (Phi) is 6.03. The molecule has 1 unspecified atom stereocenters. The Labute approximate surface area is 160 Å². The van der Waals surface area contributed by atoms with E-state index in [0.29, 0.717) is 16.7 Å². The van der Waals surface area contributed by atoms with Gasteiger partial charge in [-0.25, -0.2) is 0 Å². The normalized spacial score (nSPS) is 12.4. The molecule has 8 heteroatoms. The molecule has 1 atom stereocenters. The third-order valence-corrected chi connectivity index (χ3v) is 4.33. The highest BCUT2D eigenvalue weighted by molar-refractivity contribution is 5.97. The Hall–Kier alpha value is -2.81. The van der Waals surface area contributed by atoms with Gasteiger partial charge in [-0.3, -0.25) is 4.79 Å². The average Bonchev–Trinajstić information content (AvgIpc) is 2.66. The monoisotopic (exact) mass is 389 g/mol. The number of para-hydroxylation sites is 1. The molecule has 3 rings (SSSR count). The van der Waals surface area contributed by atoms with Crippen molar-refractivity contribution in [1.82, 2.24) is 0 Å². The van der Waals surface area contributed by atoms with Crippen molar-refractivity contribution in [2.24, 2.45) is 0 Å². The summed E-state index contributed by atoms with van der Waals surface area (Å²) in [5.41, 5.74) is 0.464. The molecule has 0 saturated heterocycles. The van der Waals surface area contributed by atoms with E-state index in [2.05, 4.69) is 0 Å². The second-order valence-electron chi connectivity index (χ2n) is 6.47. The Morgan fingerprint density at radius 2 is 1.82 bits per heavy atom. The molecule has 1 aromatic heterocycles. The molecule has 8 nitrogen and oxygen atoms in total. The summed E-state index contributed by atoms with van der Waals surface area (Å²) in [6.45, 7) is 1.34. The number of hydrogen-bond donors (Lipinski definition) is 4. The summed E-state index contributed by atoms with van der Waals surface area (Å²) in [6.07, 6.45) is -0.805. The molecule has 1 heterocycles. The topological polar surface area (TPSA) is 124 Å². The smallest absolute Gasteiger partial charge is 0.204 e. The van der Waals surface area contributed by atoms with E-state index >= 15 is 0 Å². The minimum Gasteiger partial charge on any atom is -0.504 e. The number of aliphatic hydroxyl groups excluding tert-OH is 3. The lowest BCUT2D eigenvalue weighted by Gasteiger charge is -2.26. The number of aliphatic hydroxyl groups is 3. The molecule has 0 spiro atoms. The molecule has 0 fully saturated rings. The molecule has 150 valence electrons. The minimum absolute atomic E-state index is 0.0159. The van der Waals surface area contributed by atoms with Gasteiger partial charge >= 0.3 is 0 Å². The van der Waals surface area contributed by atoms with Crippen molar-refractivity contribution in [3.63, 3.8) is 0 Å². The van der Waals surface area contributed by atoms with E-state index in [9.17, 15) is 25.2 Å². The van der Waals surface area contributed by atoms with Gasteiger partial charge < -0.3 is 34.5 Å². The standard InChI is InChI=1S/C20H23NO7/c1-12(24)11-27-20-14(21(6-8-22)7-9-23)10-16-17(19(20)26)18(25)13-4-2-3-5-15(13)28-16/h2-5,10,12,22-24,26H,6-9,11H2,1H3. The zero-order valence-corrected chi connectivity index (χ0v) is 15.5. The first-order valence-corrected chi connectivity index (χ1v) is 8.97. The fourth-order valence-electron chi connectivity index (χ4n) is 3.08. The summed E-state index contributed by atoms with van der Waals surface area (Å²) in [6, 6.07) is 8.23. The molecule has 0 aliphatic carbocycles. The van der Waals surface area contributed by atoms with E-state index in [1.807, 2.05) is 0 Å². The zero-order valence-electron chi connectivity index (χ0n) is 15.5. The van der Waals surface area contributed by atoms with Gasteiger partial charge in [0.1, 0.15) is 23.2 Å². The predicted molar refractivity (Wildman–Crippen MR) is 105 cm³/mol. The molecule has 4 N–H and O–H groups in total. The molecule has 2 aromatic carbocycles. The largest absolute Gasteiger partial charge is 0.504 e. The molecule has 0 saturated carbocycles. The van der Waals surface area contributed by atoms with E-state index in [-0.39, 0.29) is 49.6 Å². The zero-order chi connectivity index (χ0) is 20.3. The predicted octanol–water partition coefficient (Wildman–Crippen LogP) is 1.20. The number of nitrogens with zero attached hydrogens (tertiary/aromatic N) is 1.